The minimum atomic E-state index is 0.420. The van der Waals surface area contributed by atoms with E-state index >= 15 is 0 Å². The number of aryl methyl sites for hydroxylation is 1. The first-order valence-electron chi connectivity index (χ1n) is 6.13. The molecule has 19 heavy (non-hydrogen) atoms. The molecule has 0 saturated heterocycles. The van der Waals surface area contributed by atoms with E-state index < -0.39 is 0 Å². The molecular weight excluding hydrogens is 244 g/mol. The van der Waals surface area contributed by atoms with E-state index in [-0.39, 0.29) is 0 Å². The molecule has 102 valence electrons. The largest absolute Gasteiger partial charge is 0.445 e. The van der Waals surface area contributed by atoms with E-state index in [1.165, 1.54) is 5.57 Å². The van der Waals surface area contributed by atoms with Gasteiger partial charge in [0.25, 0.3) is 0 Å². The summed E-state index contributed by atoms with van der Waals surface area (Å²) in [4.78, 5) is 8.68. The highest BCUT2D eigenvalue weighted by molar-refractivity contribution is 5.50. The lowest BCUT2D eigenvalue weighted by molar-refractivity contribution is 0.181. The molecule has 0 N–H and O–H groups in total. The van der Waals surface area contributed by atoms with Crippen LogP contribution < -0.4 is 0 Å². The van der Waals surface area contributed by atoms with Gasteiger partial charge in [-0.1, -0.05) is 11.6 Å². The molecule has 0 unspecified atom stereocenters. The van der Waals surface area contributed by atoms with E-state index in [2.05, 4.69) is 16.0 Å². The monoisotopic (exact) mass is 262 g/mol. The summed E-state index contributed by atoms with van der Waals surface area (Å²) in [5, 5.41) is 0. The molecule has 0 aliphatic heterocycles. The molecule has 0 aliphatic carbocycles. The van der Waals surface area contributed by atoms with Crippen LogP contribution in [0.4, 0.5) is 0 Å². The van der Waals surface area contributed by atoms with E-state index in [1.54, 1.807) is 13.4 Å². The van der Waals surface area contributed by atoms with Crippen LogP contribution in [0.3, 0.4) is 0 Å². The first-order chi connectivity index (χ1) is 9.10. The molecular formula is C14H18N2O3. The van der Waals surface area contributed by atoms with Crippen LogP contribution in [0, 0.1) is 6.92 Å². The molecule has 0 amide bonds. The van der Waals surface area contributed by atoms with Gasteiger partial charge in [0.05, 0.1) is 6.61 Å². The summed E-state index contributed by atoms with van der Waals surface area (Å²) in [5.74, 6) is 1.85. The van der Waals surface area contributed by atoms with Gasteiger partial charge in [0.1, 0.15) is 17.7 Å². The molecule has 2 aromatic heterocycles. The smallest absolute Gasteiger partial charge is 0.249 e. The predicted octanol–water partition coefficient (Wildman–Crippen LogP) is 3.29. The van der Waals surface area contributed by atoms with Gasteiger partial charge in [-0.25, -0.2) is 9.97 Å². The Balaban J connectivity index is 2.29. The average molecular weight is 262 g/mol. The maximum absolute atomic E-state index is 5.60. The third kappa shape index (κ3) is 3.32. The fourth-order valence-electron chi connectivity index (χ4n) is 1.70. The SMILES string of the molecule is COCc1coc(-c2nc(C)oc2CC=C(C)C)n1. The van der Waals surface area contributed by atoms with Crippen LogP contribution in [-0.2, 0) is 17.8 Å². The summed E-state index contributed by atoms with van der Waals surface area (Å²) in [7, 11) is 1.62. The third-order valence-corrected chi connectivity index (χ3v) is 2.55. The molecule has 5 heteroatoms. The Morgan fingerprint density at radius 1 is 1.37 bits per heavy atom. The van der Waals surface area contributed by atoms with Crippen LogP contribution in [0.15, 0.2) is 26.7 Å². The fraction of sp³-hybridized carbons (Fsp3) is 0.429. The zero-order valence-electron chi connectivity index (χ0n) is 11.7. The number of nitrogens with zero attached hydrogens (tertiary/aromatic N) is 2. The highest BCUT2D eigenvalue weighted by Gasteiger charge is 2.17. The van der Waals surface area contributed by atoms with Crippen LogP contribution in [0.2, 0.25) is 0 Å². The van der Waals surface area contributed by atoms with Gasteiger partial charge >= 0.3 is 0 Å². The molecule has 0 spiro atoms. The van der Waals surface area contributed by atoms with Crippen molar-refractivity contribution in [2.75, 3.05) is 7.11 Å². The molecule has 0 radical (unpaired) electrons. The standard InChI is InChI=1S/C14H18N2O3/c1-9(2)5-6-12-13(15-10(3)19-12)14-16-11(7-17-4)8-18-14/h5,8H,6-7H2,1-4H3. The summed E-state index contributed by atoms with van der Waals surface area (Å²) in [6.07, 6.45) is 4.34. The molecule has 2 rings (SSSR count). The molecule has 0 atom stereocenters. The Kier molecular flexibility index (Phi) is 4.16. The minimum Gasteiger partial charge on any atom is -0.445 e. The molecule has 0 saturated carbocycles. The number of rotatable bonds is 5. The first-order valence-corrected chi connectivity index (χ1v) is 6.13. The van der Waals surface area contributed by atoms with Gasteiger partial charge in [-0.3, -0.25) is 0 Å². The highest BCUT2D eigenvalue weighted by Crippen LogP contribution is 2.24. The van der Waals surface area contributed by atoms with Crippen molar-refractivity contribution in [3.63, 3.8) is 0 Å². The van der Waals surface area contributed by atoms with E-state index in [0.717, 1.165) is 11.5 Å². The summed E-state index contributed by atoms with van der Waals surface area (Å²) < 4.78 is 16.0. The van der Waals surface area contributed by atoms with E-state index in [1.807, 2.05) is 20.8 Å². The quantitative estimate of drug-likeness (QED) is 0.774. The van der Waals surface area contributed by atoms with Crippen molar-refractivity contribution in [1.82, 2.24) is 9.97 Å². The van der Waals surface area contributed by atoms with Crippen LogP contribution in [-0.4, -0.2) is 17.1 Å². The summed E-state index contributed by atoms with van der Waals surface area (Å²) in [6, 6.07) is 0. The second kappa shape index (κ2) is 5.84. The van der Waals surface area contributed by atoms with Gasteiger partial charge in [0, 0.05) is 20.5 Å². The summed E-state index contributed by atoms with van der Waals surface area (Å²) >= 11 is 0. The predicted molar refractivity (Wildman–Crippen MR) is 70.6 cm³/mol. The minimum absolute atomic E-state index is 0.420. The van der Waals surface area contributed by atoms with Crippen molar-refractivity contribution >= 4 is 0 Å². The first kappa shape index (κ1) is 13.5. The molecule has 5 nitrogen and oxygen atoms in total. The Morgan fingerprint density at radius 3 is 2.84 bits per heavy atom. The Bertz CT molecular complexity index is 577. The van der Waals surface area contributed by atoms with Crippen molar-refractivity contribution in [2.45, 2.75) is 33.8 Å². The molecule has 2 aromatic rings. The molecule has 0 aliphatic rings. The Labute approximate surface area is 112 Å². The van der Waals surface area contributed by atoms with Crippen LogP contribution >= 0.6 is 0 Å². The highest BCUT2D eigenvalue weighted by atomic mass is 16.5. The van der Waals surface area contributed by atoms with Crippen LogP contribution in [0.1, 0.15) is 31.2 Å². The van der Waals surface area contributed by atoms with Crippen molar-refractivity contribution in [2.24, 2.45) is 0 Å². The number of aromatic nitrogens is 2. The molecule has 0 bridgehead atoms. The van der Waals surface area contributed by atoms with Crippen LogP contribution in [0.5, 0.6) is 0 Å². The molecule has 0 fully saturated rings. The lowest BCUT2D eigenvalue weighted by atomic mass is 10.2. The molecule has 0 aromatic carbocycles. The Hall–Kier alpha value is -1.88. The summed E-state index contributed by atoms with van der Waals surface area (Å²) in [5.41, 5.74) is 2.64. The summed E-state index contributed by atoms with van der Waals surface area (Å²) in [6.45, 7) is 6.33. The lowest BCUT2D eigenvalue weighted by Crippen LogP contribution is -1.89. The number of methoxy groups -OCH3 is 1. The maximum Gasteiger partial charge on any atom is 0.249 e. The van der Waals surface area contributed by atoms with E-state index in [4.69, 9.17) is 13.6 Å². The van der Waals surface area contributed by atoms with Gasteiger partial charge in [0.15, 0.2) is 11.6 Å². The molecule has 2 heterocycles. The third-order valence-electron chi connectivity index (χ3n) is 2.55. The lowest BCUT2D eigenvalue weighted by Gasteiger charge is -1.94. The number of hydrogen-bond donors (Lipinski definition) is 0. The zero-order valence-corrected chi connectivity index (χ0v) is 11.7. The van der Waals surface area contributed by atoms with Gasteiger partial charge < -0.3 is 13.6 Å². The van der Waals surface area contributed by atoms with Crippen molar-refractivity contribution in [3.8, 4) is 11.6 Å². The van der Waals surface area contributed by atoms with Gasteiger partial charge in [0.2, 0.25) is 5.89 Å². The number of hydrogen-bond acceptors (Lipinski definition) is 5. The second-order valence-electron chi connectivity index (χ2n) is 4.57. The van der Waals surface area contributed by atoms with Crippen LogP contribution in [0.25, 0.3) is 11.6 Å². The fourth-order valence-corrected chi connectivity index (χ4v) is 1.70. The van der Waals surface area contributed by atoms with Gasteiger partial charge in [-0.05, 0) is 13.8 Å². The van der Waals surface area contributed by atoms with Crippen molar-refractivity contribution in [3.05, 3.63) is 35.3 Å². The van der Waals surface area contributed by atoms with Gasteiger partial charge in [-0.15, -0.1) is 0 Å². The average Bonchev–Trinajstić information content (AvgIpc) is 2.93. The second-order valence-corrected chi connectivity index (χ2v) is 4.57. The van der Waals surface area contributed by atoms with E-state index in [9.17, 15) is 0 Å². The van der Waals surface area contributed by atoms with Crippen molar-refractivity contribution < 1.29 is 13.6 Å². The normalized spacial score (nSPS) is 10.7. The maximum atomic E-state index is 5.60. The number of allylic oxidation sites excluding steroid dienone is 2. The Morgan fingerprint density at radius 2 is 2.16 bits per heavy atom. The zero-order chi connectivity index (χ0) is 13.8. The number of oxazole rings is 2. The van der Waals surface area contributed by atoms with Gasteiger partial charge in [-0.2, -0.15) is 0 Å². The number of ether oxygens (including phenoxy) is 1. The topological polar surface area (TPSA) is 61.3 Å². The van der Waals surface area contributed by atoms with E-state index in [0.29, 0.717) is 30.5 Å². The van der Waals surface area contributed by atoms with Crippen molar-refractivity contribution in [1.29, 1.82) is 0 Å².